The maximum atomic E-state index is 13.5. The van der Waals surface area contributed by atoms with Crippen LogP contribution in [0.25, 0.3) is 0 Å². The molecule has 3 aromatic carbocycles. The van der Waals surface area contributed by atoms with Gasteiger partial charge in [-0.2, -0.15) is 5.10 Å². The van der Waals surface area contributed by atoms with Crippen molar-refractivity contribution in [2.45, 2.75) is 18.7 Å². The first-order valence-electron chi connectivity index (χ1n) is 10.1. The molecule has 0 saturated heterocycles. The maximum Gasteiger partial charge on any atom is 0.264 e. The van der Waals surface area contributed by atoms with Crippen molar-refractivity contribution in [3.8, 4) is 11.5 Å². The van der Waals surface area contributed by atoms with Crippen LogP contribution in [0.1, 0.15) is 18.1 Å². The van der Waals surface area contributed by atoms with Gasteiger partial charge >= 0.3 is 0 Å². The number of hydrazone groups is 1. The van der Waals surface area contributed by atoms with E-state index >= 15 is 0 Å². The average Bonchev–Trinajstić information content (AvgIpc) is 2.81. The lowest BCUT2D eigenvalue weighted by atomic mass is 10.1. The van der Waals surface area contributed by atoms with Crippen molar-refractivity contribution in [3.63, 3.8) is 0 Å². The Hall–Kier alpha value is -3.85. The first kappa shape index (κ1) is 23.8. The van der Waals surface area contributed by atoms with Crippen molar-refractivity contribution in [1.29, 1.82) is 0 Å². The minimum Gasteiger partial charge on any atom is -0.507 e. The highest BCUT2D eigenvalue weighted by Crippen LogP contribution is 2.32. The highest BCUT2D eigenvalue weighted by atomic mass is 32.2. The Kier molecular flexibility index (Phi) is 7.34. The maximum absolute atomic E-state index is 13.5. The molecule has 0 fully saturated rings. The van der Waals surface area contributed by atoms with Crippen LogP contribution in [-0.4, -0.2) is 38.8 Å². The molecule has 0 aliphatic rings. The summed E-state index contributed by atoms with van der Waals surface area (Å²) in [5.41, 5.74) is 4.31. The standard InChI is InChI=1S/C24H25N3O5S/c1-17-12-14-19(15-13-17)33(30,31)27(21-9-5-7-11-23(21)32-3)16-24(29)26-25-18(2)20-8-4-6-10-22(20)28/h4-15,28H,16H2,1-3H3,(H,26,29)/b25-18-. The molecule has 0 atom stereocenters. The van der Waals surface area contributed by atoms with Crippen LogP contribution in [0.5, 0.6) is 11.5 Å². The van der Waals surface area contributed by atoms with Crippen molar-refractivity contribution in [2.75, 3.05) is 18.0 Å². The smallest absolute Gasteiger partial charge is 0.264 e. The van der Waals surface area contributed by atoms with E-state index in [1.54, 1.807) is 61.5 Å². The third-order valence-electron chi connectivity index (χ3n) is 4.89. The number of ether oxygens (including phenoxy) is 1. The number of amides is 1. The van der Waals surface area contributed by atoms with E-state index in [9.17, 15) is 18.3 Å². The fourth-order valence-electron chi connectivity index (χ4n) is 3.12. The van der Waals surface area contributed by atoms with E-state index < -0.39 is 22.5 Å². The van der Waals surface area contributed by atoms with Gasteiger partial charge in [0.15, 0.2) is 0 Å². The van der Waals surface area contributed by atoms with E-state index in [0.29, 0.717) is 17.0 Å². The van der Waals surface area contributed by atoms with Crippen LogP contribution in [0.15, 0.2) is 82.8 Å². The molecule has 3 rings (SSSR count). The number of aromatic hydroxyl groups is 1. The summed E-state index contributed by atoms with van der Waals surface area (Å²) in [6.07, 6.45) is 0. The van der Waals surface area contributed by atoms with Gasteiger partial charge in [-0.15, -0.1) is 0 Å². The lowest BCUT2D eigenvalue weighted by Crippen LogP contribution is -2.40. The highest BCUT2D eigenvalue weighted by Gasteiger charge is 2.29. The molecular weight excluding hydrogens is 442 g/mol. The predicted molar refractivity (Wildman–Crippen MR) is 127 cm³/mol. The van der Waals surface area contributed by atoms with Gasteiger partial charge in [-0.1, -0.05) is 42.0 Å². The molecule has 3 aromatic rings. The minimum absolute atomic E-state index is 0.0191. The van der Waals surface area contributed by atoms with Crippen LogP contribution in [0.3, 0.4) is 0 Å². The van der Waals surface area contributed by atoms with E-state index in [1.165, 1.54) is 25.3 Å². The third kappa shape index (κ3) is 5.50. The molecule has 0 heterocycles. The molecule has 0 aromatic heterocycles. The molecule has 0 aliphatic heterocycles. The van der Waals surface area contributed by atoms with E-state index in [1.807, 2.05) is 6.92 Å². The number of hydrogen-bond donors (Lipinski definition) is 2. The topological polar surface area (TPSA) is 108 Å². The molecule has 0 bridgehead atoms. The van der Waals surface area contributed by atoms with Gasteiger partial charge in [0.1, 0.15) is 18.0 Å². The van der Waals surface area contributed by atoms with E-state index in [0.717, 1.165) is 9.87 Å². The van der Waals surface area contributed by atoms with E-state index in [2.05, 4.69) is 10.5 Å². The number of benzene rings is 3. The Balaban J connectivity index is 1.93. The molecule has 8 nitrogen and oxygen atoms in total. The van der Waals surface area contributed by atoms with Gasteiger partial charge in [0.05, 0.1) is 23.4 Å². The quantitative estimate of drug-likeness (QED) is 0.390. The number of sulfonamides is 1. The summed E-state index contributed by atoms with van der Waals surface area (Å²) in [5.74, 6) is -0.341. The van der Waals surface area contributed by atoms with Crippen molar-refractivity contribution in [2.24, 2.45) is 5.10 Å². The van der Waals surface area contributed by atoms with Gasteiger partial charge in [0.25, 0.3) is 15.9 Å². The third-order valence-corrected chi connectivity index (χ3v) is 6.67. The monoisotopic (exact) mass is 467 g/mol. The second kappa shape index (κ2) is 10.2. The Morgan fingerprint density at radius 2 is 1.67 bits per heavy atom. The van der Waals surface area contributed by atoms with Crippen LogP contribution in [-0.2, 0) is 14.8 Å². The largest absolute Gasteiger partial charge is 0.507 e. The molecule has 2 N–H and O–H groups in total. The summed E-state index contributed by atoms with van der Waals surface area (Å²) in [6.45, 7) is 2.94. The summed E-state index contributed by atoms with van der Waals surface area (Å²) in [5, 5.41) is 14.0. The lowest BCUT2D eigenvalue weighted by Gasteiger charge is -2.25. The number of para-hydroxylation sites is 3. The minimum atomic E-state index is -4.09. The number of methoxy groups -OCH3 is 1. The molecule has 0 spiro atoms. The van der Waals surface area contributed by atoms with Crippen molar-refractivity contribution < 1.29 is 23.1 Å². The number of anilines is 1. The second-order valence-corrected chi connectivity index (χ2v) is 9.11. The van der Waals surface area contributed by atoms with Gasteiger partial charge in [0, 0.05) is 5.56 Å². The molecule has 172 valence electrons. The molecular formula is C24H25N3O5S. The lowest BCUT2D eigenvalue weighted by molar-refractivity contribution is -0.119. The number of rotatable bonds is 8. The van der Waals surface area contributed by atoms with Crippen molar-refractivity contribution >= 4 is 27.3 Å². The zero-order valence-electron chi connectivity index (χ0n) is 18.5. The van der Waals surface area contributed by atoms with Crippen LogP contribution < -0.4 is 14.5 Å². The summed E-state index contributed by atoms with van der Waals surface area (Å²) in [7, 11) is -2.67. The second-order valence-electron chi connectivity index (χ2n) is 7.25. The van der Waals surface area contributed by atoms with E-state index in [4.69, 9.17) is 4.74 Å². The Morgan fingerprint density at radius 1 is 1.03 bits per heavy atom. The Labute approximate surface area is 193 Å². The van der Waals surface area contributed by atoms with Gasteiger partial charge in [-0.25, -0.2) is 13.8 Å². The predicted octanol–water partition coefficient (Wildman–Crippen LogP) is 3.44. The Morgan fingerprint density at radius 3 is 2.33 bits per heavy atom. The van der Waals surface area contributed by atoms with Gasteiger partial charge in [-0.05, 0) is 50.2 Å². The van der Waals surface area contributed by atoms with Crippen LogP contribution in [0.4, 0.5) is 5.69 Å². The van der Waals surface area contributed by atoms with Crippen LogP contribution in [0, 0.1) is 6.92 Å². The summed E-state index contributed by atoms with van der Waals surface area (Å²) >= 11 is 0. The highest BCUT2D eigenvalue weighted by molar-refractivity contribution is 7.92. The summed E-state index contributed by atoms with van der Waals surface area (Å²) < 4.78 is 33.3. The number of hydrogen-bond acceptors (Lipinski definition) is 6. The Bertz CT molecular complexity index is 1270. The number of carbonyl (C=O) groups is 1. The average molecular weight is 468 g/mol. The molecule has 1 amide bonds. The number of aryl methyl sites for hydroxylation is 1. The summed E-state index contributed by atoms with van der Waals surface area (Å²) in [6, 6.07) is 19.5. The van der Waals surface area contributed by atoms with Crippen molar-refractivity contribution in [3.05, 3.63) is 83.9 Å². The number of carbonyl (C=O) groups excluding carboxylic acids is 1. The molecule has 33 heavy (non-hydrogen) atoms. The number of phenols is 1. The molecule has 0 aliphatic carbocycles. The zero-order chi connectivity index (χ0) is 24.0. The van der Waals surface area contributed by atoms with Crippen molar-refractivity contribution in [1.82, 2.24) is 5.43 Å². The fourth-order valence-corrected chi connectivity index (χ4v) is 4.56. The first-order chi connectivity index (χ1) is 15.7. The molecule has 9 heteroatoms. The number of phenolic OH excluding ortho intramolecular Hbond substituents is 1. The fraction of sp³-hybridized carbons (Fsp3) is 0.167. The van der Waals surface area contributed by atoms with E-state index in [-0.39, 0.29) is 16.3 Å². The zero-order valence-corrected chi connectivity index (χ0v) is 19.3. The molecule has 0 radical (unpaired) electrons. The number of nitrogens with zero attached hydrogens (tertiary/aromatic N) is 2. The number of nitrogens with one attached hydrogen (secondary N) is 1. The van der Waals surface area contributed by atoms with Crippen LogP contribution >= 0.6 is 0 Å². The normalized spacial score (nSPS) is 11.7. The SMILES string of the molecule is COc1ccccc1N(CC(=O)N/N=C(/C)c1ccccc1O)S(=O)(=O)c1ccc(C)cc1. The van der Waals surface area contributed by atoms with Gasteiger partial charge < -0.3 is 9.84 Å². The van der Waals surface area contributed by atoms with Gasteiger partial charge in [-0.3, -0.25) is 9.10 Å². The molecule has 0 unspecified atom stereocenters. The summed E-state index contributed by atoms with van der Waals surface area (Å²) in [4.78, 5) is 12.8. The molecule has 0 saturated carbocycles. The van der Waals surface area contributed by atoms with Gasteiger partial charge in [0.2, 0.25) is 0 Å². The first-order valence-corrected chi connectivity index (χ1v) is 11.5. The van der Waals surface area contributed by atoms with Crippen LogP contribution in [0.2, 0.25) is 0 Å².